The van der Waals surface area contributed by atoms with Crippen LogP contribution in [0.4, 0.5) is 0 Å². The zero-order valence-electron chi connectivity index (χ0n) is 15.7. The Morgan fingerprint density at radius 2 is 1.19 bits per heavy atom. The van der Waals surface area contributed by atoms with Gasteiger partial charge in [0, 0.05) is 12.8 Å². The van der Waals surface area contributed by atoms with Gasteiger partial charge in [0.1, 0.15) is 11.5 Å². The van der Waals surface area contributed by atoms with E-state index in [2.05, 4.69) is 12.1 Å². The molecule has 0 amide bonds. The van der Waals surface area contributed by atoms with E-state index in [9.17, 15) is 10.2 Å². The number of hydrogen-bond donors (Lipinski definition) is 2. The van der Waals surface area contributed by atoms with Crippen molar-refractivity contribution in [2.45, 2.75) is 44.9 Å². The molecule has 2 aromatic rings. The maximum atomic E-state index is 9.63. The predicted molar refractivity (Wildman–Crippen MR) is 106 cm³/mol. The minimum Gasteiger partial charge on any atom is -0.508 e. The van der Waals surface area contributed by atoms with E-state index < -0.39 is 0 Å². The fourth-order valence-electron chi connectivity index (χ4n) is 4.40. The van der Waals surface area contributed by atoms with Crippen molar-refractivity contribution in [3.63, 3.8) is 0 Å². The van der Waals surface area contributed by atoms with Crippen molar-refractivity contribution in [3.05, 3.63) is 59.7 Å². The Hall–Kier alpha value is -2.00. The first-order chi connectivity index (χ1) is 12.7. The molecule has 2 aromatic carbocycles. The lowest BCUT2D eigenvalue weighted by atomic mass is 10.0. The molecule has 3 nitrogen and oxygen atoms in total. The lowest BCUT2D eigenvalue weighted by molar-refractivity contribution is -0.932. The maximum Gasteiger partial charge on any atom is 0.115 e. The van der Waals surface area contributed by atoms with Crippen LogP contribution >= 0.6 is 0 Å². The van der Waals surface area contributed by atoms with E-state index in [1.54, 1.807) is 12.1 Å². The Bertz CT molecular complexity index is 639. The summed E-state index contributed by atoms with van der Waals surface area (Å²) in [5.74, 6) is 0.742. The standard InChI is InChI=1S/C23H31NO2/c25-22-12-4-8-20(18-22)10-6-16-24(14-2-1-3-15-24)17-7-11-21-9-5-13-23(26)19-21/h4-5,8-9,12-13,18-19H,1-3,6-7,10-11,14-17H2,(H-,25,26)/p+1. The lowest BCUT2D eigenvalue weighted by Gasteiger charge is -2.42. The maximum absolute atomic E-state index is 9.63. The number of likely N-dealkylation sites (tertiary alicyclic amines) is 1. The fraction of sp³-hybridized carbons (Fsp3) is 0.478. The minimum atomic E-state index is 0.371. The van der Waals surface area contributed by atoms with Gasteiger partial charge in [-0.25, -0.2) is 0 Å². The Morgan fingerprint density at radius 3 is 1.65 bits per heavy atom. The highest BCUT2D eigenvalue weighted by molar-refractivity contribution is 5.27. The quantitative estimate of drug-likeness (QED) is 0.677. The smallest absolute Gasteiger partial charge is 0.115 e. The Kier molecular flexibility index (Phi) is 6.56. The monoisotopic (exact) mass is 354 g/mol. The second kappa shape index (κ2) is 9.09. The number of aromatic hydroxyl groups is 2. The molecule has 0 saturated carbocycles. The number of piperidine rings is 1. The molecule has 3 heteroatoms. The molecular weight excluding hydrogens is 322 g/mol. The van der Waals surface area contributed by atoms with Gasteiger partial charge in [0.15, 0.2) is 0 Å². The Labute approximate surface area is 157 Å². The number of aryl methyl sites for hydroxylation is 2. The van der Waals surface area contributed by atoms with Crippen LogP contribution in [0.25, 0.3) is 0 Å². The molecule has 1 aliphatic rings. The van der Waals surface area contributed by atoms with Crippen molar-refractivity contribution >= 4 is 0 Å². The summed E-state index contributed by atoms with van der Waals surface area (Å²) in [4.78, 5) is 0. The van der Waals surface area contributed by atoms with E-state index >= 15 is 0 Å². The molecule has 1 aliphatic heterocycles. The molecule has 0 spiro atoms. The van der Waals surface area contributed by atoms with E-state index in [0.717, 1.165) is 12.8 Å². The highest BCUT2D eigenvalue weighted by Crippen LogP contribution is 2.23. The van der Waals surface area contributed by atoms with Gasteiger partial charge in [0.05, 0.1) is 26.2 Å². The molecule has 1 fully saturated rings. The highest BCUT2D eigenvalue weighted by Gasteiger charge is 2.28. The van der Waals surface area contributed by atoms with Crippen LogP contribution in [0.15, 0.2) is 48.5 Å². The zero-order chi connectivity index (χ0) is 18.2. The molecule has 0 radical (unpaired) electrons. The normalized spacial score (nSPS) is 16.5. The van der Waals surface area contributed by atoms with Crippen LogP contribution < -0.4 is 0 Å². The van der Waals surface area contributed by atoms with Crippen LogP contribution in [0.3, 0.4) is 0 Å². The summed E-state index contributed by atoms with van der Waals surface area (Å²) in [6, 6.07) is 15.4. The number of nitrogens with zero attached hydrogens (tertiary/aromatic N) is 1. The predicted octanol–water partition coefficient (Wildman–Crippen LogP) is 4.66. The van der Waals surface area contributed by atoms with Gasteiger partial charge in [-0.3, -0.25) is 0 Å². The molecule has 0 aromatic heterocycles. The Balaban J connectivity index is 1.52. The van der Waals surface area contributed by atoms with Crippen molar-refractivity contribution in [3.8, 4) is 11.5 Å². The minimum absolute atomic E-state index is 0.371. The molecule has 3 rings (SSSR count). The first-order valence-electron chi connectivity index (χ1n) is 10.1. The molecule has 0 bridgehead atoms. The Morgan fingerprint density at radius 1 is 0.692 bits per heavy atom. The second-order valence-electron chi connectivity index (χ2n) is 7.84. The van der Waals surface area contributed by atoms with Crippen LogP contribution in [-0.2, 0) is 12.8 Å². The van der Waals surface area contributed by atoms with Gasteiger partial charge in [0.25, 0.3) is 0 Å². The summed E-state index contributed by atoms with van der Waals surface area (Å²) >= 11 is 0. The van der Waals surface area contributed by atoms with Crippen LogP contribution in [0.1, 0.15) is 43.2 Å². The summed E-state index contributed by atoms with van der Waals surface area (Å²) < 4.78 is 1.25. The summed E-state index contributed by atoms with van der Waals surface area (Å²) in [7, 11) is 0. The van der Waals surface area contributed by atoms with Crippen molar-refractivity contribution in [1.82, 2.24) is 0 Å². The number of benzene rings is 2. The molecule has 0 unspecified atom stereocenters. The van der Waals surface area contributed by atoms with Crippen molar-refractivity contribution in [1.29, 1.82) is 0 Å². The first-order valence-corrected chi connectivity index (χ1v) is 10.1. The molecule has 140 valence electrons. The summed E-state index contributed by atoms with van der Waals surface area (Å²) in [6.45, 7) is 5.07. The first kappa shape index (κ1) is 18.8. The molecule has 1 saturated heterocycles. The summed E-state index contributed by atoms with van der Waals surface area (Å²) in [6.07, 6.45) is 8.50. The number of phenolic OH excluding ortho intramolecular Hbond substituents is 2. The van der Waals surface area contributed by atoms with Gasteiger partial charge >= 0.3 is 0 Å². The van der Waals surface area contributed by atoms with Gasteiger partial charge in [-0.1, -0.05) is 24.3 Å². The van der Waals surface area contributed by atoms with E-state index in [0.29, 0.717) is 11.5 Å². The van der Waals surface area contributed by atoms with Crippen molar-refractivity contribution < 1.29 is 14.7 Å². The van der Waals surface area contributed by atoms with Crippen molar-refractivity contribution in [2.24, 2.45) is 0 Å². The average molecular weight is 355 g/mol. The van der Waals surface area contributed by atoms with Crippen LogP contribution in [-0.4, -0.2) is 40.9 Å². The third-order valence-corrected chi connectivity index (χ3v) is 5.78. The van der Waals surface area contributed by atoms with E-state index in [1.165, 1.54) is 73.9 Å². The second-order valence-corrected chi connectivity index (χ2v) is 7.84. The van der Waals surface area contributed by atoms with E-state index in [-0.39, 0.29) is 0 Å². The van der Waals surface area contributed by atoms with Gasteiger partial charge < -0.3 is 14.7 Å². The molecule has 0 atom stereocenters. The fourth-order valence-corrected chi connectivity index (χ4v) is 4.40. The third-order valence-electron chi connectivity index (χ3n) is 5.78. The zero-order valence-corrected chi connectivity index (χ0v) is 15.7. The SMILES string of the molecule is Oc1cccc(CCC[N+]2(CCCc3cccc(O)c3)CCCCC2)c1. The summed E-state index contributed by atoms with van der Waals surface area (Å²) in [5.41, 5.74) is 2.47. The molecule has 1 heterocycles. The average Bonchev–Trinajstić information content (AvgIpc) is 2.63. The van der Waals surface area contributed by atoms with Gasteiger partial charge in [-0.05, 0) is 67.5 Å². The number of quaternary nitrogens is 1. The largest absolute Gasteiger partial charge is 0.508 e. The molecule has 26 heavy (non-hydrogen) atoms. The number of rotatable bonds is 8. The van der Waals surface area contributed by atoms with Crippen LogP contribution in [0, 0.1) is 0 Å². The molecule has 0 aliphatic carbocycles. The van der Waals surface area contributed by atoms with Gasteiger partial charge in [-0.15, -0.1) is 0 Å². The highest BCUT2D eigenvalue weighted by atomic mass is 16.3. The van der Waals surface area contributed by atoms with Gasteiger partial charge in [-0.2, -0.15) is 0 Å². The number of hydrogen-bond acceptors (Lipinski definition) is 2. The molecule has 2 N–H and O–H groups in total. The third kappa shape index (κ3) is 5.50. The lowest BCUT2D eigenvalue weighted by Crippen LogP contribution is -2.52. The topological polar surface area (TPSA) is 40.5 Å². The van der Waals surface area contributed by atoms with Crippen LogP contribution in [0.5, 0.6) is 11.5 Å². The number of phenols is 2. The summed E-state index contributed by atoms with van der Waals surface area (Å²) in [5, 5.41) is 19.3. The van der Waals surface area contributed by atoms with E-state index in [4.69, 9.17) is 0 Å². The van der Waals surface area contributed by atoms with E-state index in [1.807, 2.05) is 24.3 Å². The van der Waals surface area contributed by atoms with Crippen LogP contribution in [0.2, 0.25) is 0 Å². The molecular formula is C23H32NO2+. The van der Waals surface area contributed by atoms with Gasteiger partial charge in [0.2, 0.25) is 0 Å². The van der Waals surface area contributed by atoms with Crippen molar-refractivity contribution in [2.75, 3.05) is 26.2 Å².